The molecule has 1 rings (SSSR count). The van der Waals surface area contributed by atoms with Crippen LogP contribution in [0, 0.1) is 11.7 Å². The van der Waals surface area contributed by atoms with Gasteiger partial charge in [-0.25, -0.2) is 4.39 Å². The van der Waals surface area contributed by atoms with Gasteiger partial charge < -0.3 is 11.1 Å². The average molecular weight is 259 g/mol. The van der Waals surface area contributed by atoms with E-state index in [-0.39, 0.29) is 29.3 Å². The Balaban J connectivity index is 2.62. The number of carbonyl (C=O) groups excluding carboxylic acids is 1. The Morgan fingerprint density at radius 3 is 2.65 bits per heavy atom. The van der Waals surface area contributed by atoms with Crippen LogP contribution >= 0.6 is 11.6 Å². The Morgan fingerprint density at radius 1 is 1.47 bits per heavy atom. The summed E-state index contributed by atoms with van der Waals surface area (Å²) in [4.78, 5) is 11.6. The van der Waals surface area contributed by atoms with Gasteiger partial charge in [0, 0.05) is 23.2 Å². The maximum absolute atomic E-state index is 13.0. The van der Waals surface area contributed by atoms with Gasteiger partial charge >= 0.3 is 0 Å². The molecule has 0 aliphatic carbocycles. The lowest BCUT2D eigenvalue weighted by Gasteiger charge is -2.15. The summed E-state index contributed by atoms with van der Waals surface area (Å²) in [5, 5.41) is 2.81. The van der Waals surface area contributed by atoms with Gasteiger partial charge in [-0.3, -0.25) is 4.79 Å². The van der Waals surface area contributed by atoms with Crippen molar-refractivity contribution in [3.05, 3.63) is 29.0 Å². The number of benzene rings is 1. The molecule has 0 saturated carbocycles. The zero-order valence-electron chi connectivity index (χ0n) is 9.84. The second-order valence-electron chi connectivity index (χ2n) is 4.32. The van der Waals surface area contributed by atoms with Gasteiger partial charge in [0.1, 0.15) is 5.82 Å². The molecule has 17 heavy (non-hydrogen) atoms. The summed E-state index contributed by atoms with van der Waals surface area (Å²) in [6.45, 7) is 3.88. The number of hydrogen-bond donors (Lipinski definition) is 2. The number of carbonyl (C=O) groups is 1. The lowest BCUT2D eigenvalue weighted by Crippen LogP contribution is -2.31. The molecule has 0 radical (unpaired) electrons. The first-order valence-electron chi connectivity index (χ1n) is 5.40. The average Bonchev–Trinajstić information content (AvgIpc) is 2.14. The highest BCUT2D eigenvalue weighted by molar-refractivity contribution is 6.30. The number of rotatable bonds is 4. The summed E-state index contributed by atoms with van der Waals surface area (Å²) >= 11 is 5.67. The molecule has 0 spiro atoms. The van der Waals surface area contributed by atoms with E-state index in [9.17, 15) is 9.18 Å². The molecule has 3 nitrogen and oxygen atoms in total. The van der Waals surface area contributed by atoms with Crippen LogP contribution in [0.1, 0.15) is 20.3 Å². The molecule has 3 N–H and O–H groups in total. The van der Waals surface area contributed by atoms with Crippen LogP contribution in [-0.2, 0) is 4.79 Å². The van der Waals surface area contributed by atoms with Crippen LogP contribution in [0.15, 0.2) is 18.2 Å². The van der Waals surface area contributed by atoms with Crippen LogP contribution in [0.25, 0.3) is 0 Å². The number of nitrogens with two attached hydrogens (primary N) is 1. The van der Waals surface area contributed by atoms with E-state index in [0.29, 0.717) is 5.69 Å². The van der Waals surface area contributed by atoms with Gasteiger partial charge in [-0.1, -0.05) is 25.4 Å². The number of hydrogen-bond acceptors (Lipinski definition) is 2. The van der Waals surface area contributed by atoms with Crippen LogP contribution in [0.2, 0.25) is 5.02 Å². The third-order valence-electron chi connectivity index (χ3n) is 2.42. The van der Waals surface area contributed by atoms with Gasteiger partial charge in [0.2, 0.25) is 5.91 Å². The van der Waals surface area contributed by atoms with Crippen LogP contribution in [0.4, 0.5) is 10.1 Å². The zero-order chi connectivity index (χ0) is 13.0. The third kappa shape index (κ3) is 4.71. The topological polar surface area (TPSA) is 55.1 Å². The molecular weight excluding hydrogens is 243 g/mol. The second kappa shape index (κ2) is 5.98. The lowest BCUT2D eigenvalue weighted by molar-refractivity contribution is -0.116. The molecule has 1 atom stereocenters. The van der Waals surface area contributed by atoms with Crippen LogP contribution in [-0.4, -0.2) is 11.9 Å². The highest BCUT2D eigenvalue weighted by Crippen LogP contribution is 2.18. The Labute approximate surface area is 105 Å². The fraction of sp³-hybridized carbons (Fsp3) is 0.417. The van der Waals surface area contributed by atoms with E-state index in [1.807, 2.05) is 13.8 Å². The monoisotopic (exact) mass is 258 g/mol. The van der Waals surface area contributed by atoms with Crippen LogP contribution < -0.4 is 11.1 Å². The normalized spacial score (nSPS) is 12.6. The van der Waals surface area contributed by atoms with Gasteiger partial charge in [0.05, 0.1) is 0 Å². The number of amides is 1. The first kappa shape index (κ1) is 13.9. The van der Waals surface area contributed by atoms with Gasteiger partial charge in [0.25, 0.3) is 0 Å². The van der Waals surface area contributed by atoms with Crippen molar-refractivity contribution in [3.63, 3.8) is 0 Å². The Hall–Kier alpha value is -1.13. The predicted octanol–water partition coefficient (Wildman–Crippen LogP) is 2.79. The molecule has 0 aliphatic heterocycles. The minimum atomic E-state index is -0.485. The molecule has 0 bridgehead atoms. The van der Waals surface area contributed by atoms with E-state index in [4.69, 9.17) is 17.3 Å². The van der Waals surface area contributed by atoms with E-state index in [1.54, 1.807) is 0 Å². The van der Waals surface area contributed by atoms with Crippen molar-refractivity contribution < 1.29 is 9.18 Å². The Kier molecular flexibility index (Phi) is 4.90. The lowest BCUT2D eigenvalue weighted by atomic mass is 10.0. The quantitative estimate of drug-likeness (QED) is 0.873. The Bertz CT molecular complexity index is 389. The van der Waals surface area contributed by atoms with E-state index >= 15 is 0 Å². The molecule has 1 amide bonds. The first-order chi connectivity index (χ1) is 7.88. The van der Waals surface area contributed by atoms with Gasteiger partial charge in [-0.15, -0.1) is 0 Å². The molecule has 1 unspecified atom stereocenters. The van der Waals surface area contributed by atoms with E-state index in [0.717, 1.165) is 0 Å². The van der Waals surface area contributed by atoms with Crippen molar-refractivity contribution in [2.45, 2.75) is 26.3 Å². The van der Waals surface area contributed by atoms with Gasteiger partial charge in [-0.05, 0) is 24.1 Å². The van der Waals surface area contributed by atoms with E-state index < -0.39 is 5.82 Å². The molecule has 0 heterocycles. The SMILES string of the molecule is CC(C)C(N)CC(=O)Nc1cc(F)cc(Cl)c1. The number of anilines is 1. The minimum absolute atomic E-state index is 0.200. The summed E-state index contributed by atoms with van der Waals surface area (Å²) in [5.74, 6) is -0.509. The fourth-order valence-corrected chi connectivity index (χ4v) is 1.51. The highest BCUT2D eigenvalue weighted by Gasteiger charge is 2.13. The Morgan fingerprint density at radius 2 is 2.12 bits per heavy atom. The molecule has 5 heteroatoms. The zero-order valence-corrected chi connectivity index (χ0v) is 10.6. The maximum atomic E-state index is 13.0. The second-order valence-corrected chi connectivity index (χ2v) is 4.75. The molecule has 0 aromatic heterocycles. The summed E-state index contributed by atoms with van der Waals surface area (Å²) in [7, 11) is 0. The van der Waals surface area contributed by atoms with Crippen molar-refractivity contribution in [2.24, 2.45) is 11.7 Å². The van der Waals surface area contributed by atoms with Crippen molar-refractivity contribution in [2.75, 3.05) is 5.32 Å². The summed E-state index contributed by atoms with van der Waals surface area (Å²) < 4.78 is 13.0. The highest BCUT2D eigenvalue weighted by atomic mass is 35.5. The van der Waals surface area contributed by atoms with Crippen molar-refractivity contribution >= 4 is 23.2 Å². The number of halogens is 2. The van der Waals surface area contributed by atoms with E-state index in [1.165, 1.54) is 18.2 Å². The van der Waals surface area contributed by atoms with Crippen molar-refractivity contribution in [3.8, 4) is 0 Å². The molecular formula is C12H16ClFN2O. The molecule has 94 valence electrons. The largest absolute Gasteiger partial charge is 0.327 e. The van der Waals surface area contributed by atoms with E-state index in [2.05, 4.69) is 5.32 Å². The molecule has 0 saturated heterocycles. The molecule has 0 aliphatic rings. The fourth-order valence-electron chi connectivity index (χ4n) is 1.29. The summed E-state index contributed by atoms with van der Waals surface area (Å²) in [5.41, 5.74) is 6.11. The van der Waals surface area contributed by atoms with Crippen LogP contribution in [0.3, 0.4) is 0 Å². The van der Waals surface area contributed by atoms with Crippen LogP contribution in [0.5, 0.6) is 0 Å². The predicted molar refractivity (Wildman–Crippen MR) is 67.5 cm³/mol. The van der Waals surface area contributed by atoms with Crippen molar-refractivity contribution in [1.29, 1.82) is 0 Å². The molecule has 1 aromatic carbocycles. The van der Waals surface area contributed by atoms with Gasteiger partial charge in [0.15, 0.2) is 0 Å². The smallest absolute Gasteiger partial charge is 0.225 e. The summed E-state index contributed by atoms with van der Waals surface area (Å²) in [6.07, 6.45) is 0.200. The molecule has 1 aromatic rings. The van der Waals surface area contributed by atoms with Crippen molar-refractivity contribution in [1.82, 2.24) is 0 Å². The maximum Gasteiger partial charge on any atom is 0.225 e. The summed E-state index contributed by atoms with van der Waals surface area (Å²) in [6, 6.07) is 3.67. The van der Waals surface area contributed by atoms with Gasteiger partial charge in [-0.2, -0.15) is 0 Å². The molecule has 0 fully saturated rings. The first-order valence-corrected chi connectivity index (χ1v) is 5.78. The minimum Gasteiger partial charge on any atom is -0.327 e. The standard InChI is InChI=1S/C12H16ClFN2O/c1-7(2)11(15)6-12(17)16-10-4-8(13)3-9(14)5-10/h3-5,7,11H,6,15H2,1-2H3,(H,16,17). The number of nitrogens with one attached hydrogen (secondary N) is 1. The third-order valence-corrected chi connectivity index (χ3v) is 2.64.